The van der Waals surface area contributed by atoms with Crippen LogP contribution < -0.4 is 5.73 Å². The summed E-state index contributed by atoms with van der Waals surface area (Å²) in [4.78, 5) is 5.87. The predicted octanol–water partition coefficient (Wildman–Crippen LogP) is 4.54. The van der Waals surface area contributed by atoms with Gasteiger partial charge in [-0.3, -0.25) is 0 Å². The molecule has 2 N–H and O–H groups in total. The van der Waals surface area contributed by atoms with Crippen LogP contribution in [0.3, 0.4) is 0 Å². The van der Waals surface area contributed by atoms with E-state index in [1.165, 1.54) is 5.56 Å². The maximum Gasteiger partial charge on any atom is 0.105 e. The lowest BCUT2D eigenvalue weighted by Crippen LogP contribution is -2.04. The zero-order chi connectivity index (χ0) is 14.7. The van der Waals surface area contributed by atoms with Crippen LogP contribution in [0.5, 0.6) is 0 Å². The van der Waals surface area contributed by atoms with Gasteiger partial charge in [-0.25, -0.2) is 4.98 Å². The molecule has 3 rings (SSSR count). The van der Waals surface area contributed by atoms with Gasteiger partial charge >= 0.3 is 0 Å². The maximum absolute atomic E-state index is 6.05. The van der Waals surface area contributed by atoms with Gasteiger partial charge in [-0.15, -0.1) is 0 Å². The van der Waals surface area contributed by atoms with Crippen molar-refractivity contribution in [3.8, 4) is 0 Å². The molecule has 0 radical (unpaired) electrons. The molecule has 2 nitrogen and oxygen atoms in total. The van der Waals surface area contributed by atoms with Gasteiger partial charge in [0, 0.05) is 15.3 Å². The van der Waals surface area contributed by atoms with Crippen LogP contribution in [0.25, 0.3) is 10.9 Å². The number of aromatic nitrogens is 1. The molecule has 4 heteroatoms. The van der Waals surface area contributed by atoms with E-state index in [0.717, 1.165) is 32.3 Å². The molecule has 0 amide bonds. The van der Waals surface area contributed by atoms with Crippen LogP contribution in [-0.4, -0.2) is 11.5 Å². The summed E-state index contributed by atoms with van der Waals surface area (Å²) in [6.07, 6.45) is 0.820. The second kappa shape index (κ2) is 6.48. The van der Waals surface area contributed by atoms with Crippen LogP contribution in [0.2, 0.25) is 5.02 Å². The molecule has 2 aromatic carbocycles. The molecule has 106 valence electrons. The van der Waals surface area contributed by atoms with E-state index in [1.807, 2.05) is 42.5 Å². The topological polar surface area (TPSA) is 38.9 Å². The van der Waals surface area contributed by atoms with Gasteiger partial charge in [0.05, 0.1) is 5.52 Å². The van der Waals surface area contributed by atoms with Crippen LogP contribution in [0.1, 0.15) is 5.56 Å². The summed E-state index contributed by atoms with van der Waals surface area (Å²) in [7, 11) is 0. The van der Waals surface area contributed by atoms with Gasteiger partial charge in [-0.05, 0) is 48.9 Å². The van der Waals surface area contributed by atoms with Crippen molar-refractivity contribution < 1.29 is 0 Å². The fraction of sp³-hybridized carbons (Fsp3) is 0.118. The van der Waals surface area contributed by atoms with Crippen LogP contribution >= 0.6 is 23.4 Å². The third-order valence-electron chi connectivity index (χ3n) is 3.19. The summed E-state index contributed by atoms with van der Waals surface area (Å²) < 4.78 is 0. The highest BCUT2D eigenvalue weighted by molar-refractivity contribution is 7.99. The summed E-state index contributed by atoms with van der Waals surface area (Å²) in [5.41, 5.74) is 7.92. The number of hydrogen-bond donors (Lipinski definition) is 1. The number of para-hydroxylation sites is 1. The summed E-state index contributed by atoms with van der Waals surface area (Å²) in [6.45, 7) is 0.614. The Balaban J connectivity index is 2.04. The van der Waals surface area contributed by atoms with Gasteiger partial charge in [0.25, 0.3) is 0 Å². The Labute approximate surface area is 133 Å². The van der Waals surface area contributed by atoms with Gasteiger partial charge in [0.2, 0.25) is 0 Å². The molecule has 1 aromatic heterocycles. The summed E-state index contributed by atoms with van der Waals surface area (Å²) in [5, 5.41) is 2.89. The normalized spacial score (nSPS) is 11.0. The third-order valence-corrected chi connectivity index (χ3v) is 4.46. The molecular formula is C17H15ClN2S. The number of benzene rings is 2. The monoisotopic (exact) mass is 314 g/mol. The van der Waals surface area contributed by atoms with E-state index >= 15 is 0 Å². The van der Waals surface area contributed by atoms with E-state index in [0.29, 0.717) is 6.54 Å². The Bertz CT molecular complexity index is 774. The number of hydrogen-bond acceptors (Lipinski definition) is 3. The molecule has 3 aromatic rings. The summed E-state index contributed by atoms with van der Waals surface area (Å²) >= 11 is 7.69. The minimum absolute atomic E-state index is 0.614. The average molecular weight is 315 g/mol. The van der Waals surface area contributed by atoms with Crippen LogP contribution in [0.4, 0.5) is 0 Å². The highest BCUT2D eigenvalue weighted by Crippen LogP contribution is 2.32. The Morgan fingerprint density at radius 3 is 2.71 bits per heavy atom. The first kappa shape index (κ1) is 14.4. The maximum atomic E-state index is 6.05. The van der Waals surface area contributed by atoms with E-state index in [9.17, 15) is 0 Å². The standard InChI is InChI=1S/C17H15ClN2S/c18-14-5-3-6-15(11-14)21-17-13(8-9-19)10-12-4-1-2-7-16(12)20-17/h1-7,10-11H,8-9,19H2. The lowest BCUT2D eigenvalue weighted by molar-refractivity contribution is 0.922. The fourth-order valence-electron chi connectivity index (χ4n) is 2.21. The number of nitrogens with zero attached hydrogens (tertiary/aromatic N) is 1. The Morgan fingerprint density at radius 2 is 1.90 bits per heavy atom. The van der Waals surface area contributed by atoms with Crippen LogP contribution in [0.15, 0.2) is 64.5 Å². The molecule has 0 unspecified atom stereocenters. The van der Waals surface area contributed by atoms with Gasteiger partial charge in [-0.2, -0.15) is 0 Å². The Morgan fingerprint density at radius 1 is 1.05 bits per heavy atom. The minimum atomic E-state index is 0.614. The van der Waals surface area contributed by atoms with Gasteiger partial charge in [0.1, 0.15) is 5.03 Å². The molecule has 21 heavy (non-hydrogen) atoms. The van der Waals surface area contributed by atoms with Crippen molar-refractivity contribution in [2.75, 3.05) is 6.54 Å². The van der Waals surface area contributed by atoms with Crippen molar-refractivity contribution in [3.63, 3.8) is 0 Å². The first-order chi connectivity index (χ1) is 10.3. The van der Waals surface area contributed by atoms with Crippen molar-refractivity contribution in [1.29, 1.82) is 0 Å². The molecule has 0 saturated heterocycles. The Kier molecular flexibility index (Phi) is 4.44. The summed E-state index contributed by atoms with van der Waals surface area (Å²) in [5.74, 6) is 0. The van der Waals surface area contributed by atoms with Crippen LogP contribution in [-0.2, 0) is 6.42 Å². The molecule has 0 aliphatic rings. The molecule has 0 aliphatic carbocycles. The second-order valence-electron chi connectivity index (χ2n) is 4.74. The molecule has 0 atom stereocenters. The molecule has 1 heterocycles. The summed E-state index contributed by atoms with van der Waals surface area (Å²) in [6, 6.07) is 18.1. The van der Waals surface area contributed by atoms with E-state index in [2.05, 4.69) is 12.1 Å². The van der Waals surface area contributed by atoms with Crippen molar-refractivity contribution in [1.82, 2.24) is 4.98 Å². The van der Waals surface area contributed by atoms with Gasteiger partial charge in [0.15, 0.2) is 0 Å². The number of halogens is 1. The largest absolute Gasteiger partial charge is 0.330 e. The van der Waals surface area contributed by atoms with E-state index in [1.54, 1.807) is 11.8 Å². The molecule has 0 bridgehead atoms. The number of rotatable bonds is 4. The predicted molar refractivity (Wildman–Crippen MR) is 90.1 cm³/mol. The first-order valence-corrected chi connectivity index (χ1v) is 7.98. The van der Waals surface area contributed by atoms with Crippen molar-refractivity contribution in [2.45, 2.75) is 16.3 Å². The quantitative estimate of drug-likeness (QED) is 0.768. The zero-order valence-corrected chi connectivity index (χ0v) is 13.0. The van der Waals surface area contributed by atoms with Gasteiger partial charge < -0.3 is 5.73 Å². The molecule has 0 fully saturated rings. The van der Waals surface area contributed by atoms with Crippen LogP contribution in [0, 0.1) is 0 Å². The lowest BCUT2D eigenvalue weighted by Gasteiger charge is -2.10. The fourth-order valence-corrected chi connectivity index (χ4v) is 3.45. The Hall–Kier alpha value is -1.55. The van der Waals surface area contributed by atoms with Crippen molar-refractivity contribution >= 4 is 34.3 Å². The third kappa shape index (κ3) is 3.38. The highest BCUT2D eigenvalue weighted by Gasteiger charge is 2.08. The van der Waals surface area contributed by atoms with E-state index in [-0.39, 0.29) is 0 Å². The minimum Gasteiger partial charge on any atom is -0.330 e. The SMILES string of the molecule is NCCc1cc2ccccc2nc1Sc1cccc(Cl)c1. The van der Waals surface area contributed by atoms with E-state index < -0.39 is 0 Å². The number of fused-ring (bicyclic) bond motifs is 1. The van der Waals surface area contributed by atoms with E-state index in [4.69, 9.17) is 22.3 Å². The average Bonchev–Trinajstić information content (AvgIpc) is 2.48. The van der Waals surface area contributed by atoms with Gasteiger partial charge in [-0.1, -0.05) is 47.6 Å². The zero-order valence-electron chi connectivity index (χ0n) is 11.4. The first-order valence-electron chi connectivity index (χ1n) is 6.78. The highest BCUT2D eigenvalue weighted by atomic mass is 35.5. The molecule has 0 saturated carbocycles. The number of pyridine rings is 1. The smallest absolute Gasteiger partial charge is 0.105 e. The van der Waals surface area contributed by atoms with Crippen molar-refractivity contribution in [2.24, 2.45) is 5.73 Å². The lowest BCUT2D eigenvalue weighted by atomic mass is 10.1. The molecule has 0 aliphatic heterocycles. The molecule has 0 spiro atoms. The van der Waals surface area contributed by atoms with Crippen molar-refractivity contribution in [3.05, 3.63) is 65.2 Å². The molecular weight excluding hydrogens is 300 g/mol. The second-order valence-corrected chi connectivity index (χ2v) is 6.24. The number of nitrogens with two attached hydrogens (primary N) is 1.